The van der Waals surface area contributed by atoms with Gasteiger partial charge in [0, 0.05) is 31.9 Å². The molecule has 1 atom stereocenters. The summed E-state index contributed by atoms with van der Waals surface area (Å²) < 4.78 is 4.24. The van der Waals surface area contributed by atoms with Gasteiger partial charge in [-0.3, -0.25) is 11.3 Å². The van der Waals surface area contributed by atoms with Crippen molar-refractivity contribution < 1.29 is 0 Å². The van der Waals surface area contributed by atoms with Gasteiger partial charge in [0.2, 0.25) is 0 Å². The summed E-state index contributed by atoms with van der Waals surface area (Å²) in [5.74, 6) is 6.72. The number of nitrogens with zero attached hydrogens (tertiary/aromatic N) is 2. The van der Waals surface area contributed by atoms with E-state index in [0.29, 0.717) is 0 Å². The molecular formula is C11H14Br2N4S. The number of imidazole rings is 1. The minimum absolute atomic E-state index is 0.124. The molecule has 0 aliphatic carbocycles. The molecule has 18 heavy (non-hydrogen) atoms. The third-order valence-corrected chi connectivity index (χ3v) is 5.22. The number of aryl methyl sites for hydroxylation is 2. The molecule has 2 aromatic heterocycles. The van der Waals surface area contributed by atoms with Gasteiger partial charge in [0.05, 0.1) is 7.57 Å². The highest BCUT2D eigenvalue weighted by Crippen LogP contribution is 2.36. The van der Waals surface area contributed by atoms with Gasteiger partial charge in [-0.1, -0.05) is 0 Å². The van der Waals surface area contributed by atoms with Crippen molar-refractivity contribution in [2.45, 2.75) is 18.9 Å². The molecular weight excluding hydrogens is 380 g/mol. The fourth-order valence-corrected chi connectivity index (χ4v) is 4.80. The molecule has 0 radical (unpaired) electrons. The largest absolute Gasteiger partial charge is 0.338 e. The molecule has 7 heteroatoms. The molecule has 0 aromatic carbocycles. The summed E-state index contributed by atoms with van der Waals surface area (Å²) in [6.45, 7) is 0. The monoisotopic (exact) mass is 392 g/mol. The number of rotatable bonds is 5. The minimum atomic E-state index is 0.124. The van der Waals surface area contributed by atoms with Crippen molar-refractivity contribution in [3.05, 3.63) is 37.4 Å². The summed E-state index contributed by atoms with van der Waals surface area (Å²) in [5, 5.41) is 0. The van der Waals surface area contributed by atoms with Crippen LogP contribution in [-0.2, 0) is 13.5 Å². The van der Waals surface area contributed by atoms with E-state index in [4.69, 9.17) is 5.84 Å². The third kappa shape index (κ3) is 3.21. The van der Waals surface area contributed by atoms with Crippen LogP contribution >= 0.6 is 43.2 Å². The third-order valence-electron chi connectivity index (χ3n) is 2.84. The molecule has 3 N–H and O–H groups in total. The molecule has 0 spiro atoms. The zero-order valence-corrected chi connectivity index (χ0v) is 13.8. The lowest BCUT2D eigenvalue weighted by atomic mass is 10.1. The lowest BCUT2D eigenvalue weighted by Crippen LogP contribution is -2.28. The van der Waals surface area contributed by atoms with E-state index in [1.807, 2.05) is 24.0 Å². The molecule has 4 nitrogen and oxygen atoms in total. The fraction of sp³-hybridized carbons (Fsp3) is 0.364. The summed E-state index contributed by atoms with van der Waals surface area (Å²) >= 11 is 8.71. The summed E-state index contributed by atoms with van der Waals surface area (Å²) in [7, 11) is 2.00. The number of thiophene rings is 1. The molecule has 0 saturated heterocycles. The summed E-state index contributed by atoms with van der Waals surface area (Å²) in [4.78, 5) is 4.32. The number of hydrogen-bond acceptors (Lipinski definition) is 4. The Balaban J connectivity index is 2.06. The SMILES string of the molecule is Cn1ccnc1CCC(NN)c1cc(Br)sc1Br. The van der Waals surface area contributed by atoms with E-state index in [0.717, 1.165) is 26.2 Å². The molecule has 0 saturated carbocycles. The van der Waals surface area contributed by atoms with E-state index in [1.165, 1.54) is 5.56 Å². The quantitative estimate of drug-likeness (QED) is 0.606. The first-order chi connectivity index (χ1) is 8.61. The van der Waals surface area contributed by atoms with Crippen LogP contribution < -0.4 is 11.3 Å². The number of hydrogen-bond donors (Lipinski definition) is 2. The van der Waals surface area contributed by atoms with E-state index in [2.05, 4.69) is 48.3 Å². The van der Waals surface area contributed by atoms with Gasteiger partial charge in [0.15, 0.2) is 0 Å². The highest BCUT2D eigenvalue weighted by Gasteiger charge is 2.16. The average molecular weight is 394 g/mol. The van der Waals surface area contributed by atoms with Crippen molar-refractivity contribution >= 4 is 43.2 Å². The van der Waals surface area contributed by atoms with Crippen molar-refractivity contribution in [1.82, 2.24) is 15.0 Å². The number of halogens is 2. The molecule has 2 rings (SSSR count). The zero-order chi connectivity index (χ0) is 13.1. The maximum atomic E-state index is 5.65. The van der Waals surface area contributed by atoms with Gasteiger partial charge in [-0.2, -0.15) is 0 Å². The van der Waals surface area contributed by atoms with Crippen LogP contribution in [0.15, 0.2) is 26.0 Å². The fourth-order valence-electron chi connectivity index (χ4n) is 1.83. The van der Waals surface area contributed by atoms with Crippen LogP contribution in [0, 0.1) is 0 Å². The second-order valence-corrected chi connectivity index (χ2v) is 7.74. The normalized spacial score (nSPS) is 12.9. The second kappa shape index (κ2) is 6.29. The lowest BCUT2D eigenvalue weighted by molar-refractivity contribution is 0.506. The van der Waals surface area contributed by atoms with Crippen LogP contribution in [0.3, 0.4) is 0 Å². The molecule has 0 bridgehead atoms. The Hall–Kier alpha value is -0.210. The Kier molecular flexibility index (Phi) is 4.97. The van der Waals surface area contributed by atoms with E-state index in [-0.39, 0.29) is 6.04 Å². The summed E-state index contributed by atoms with van der Waals surface area (Å²) in [5.41, 5.74) is 4.06. The molecule has 0 aliphatic rings. The molecule has 0 aliphatic heterocycles. The van der Waals surface area contributed by atoms with E-state index in [9.17, 15) is 0 Å². The first kappa shape index (κ1) is 14.2. The number of nitrogens with two attached hydrogens (primary N) is 1. The molecule has 0 fully saturated rings. The van der Waals surface area contributed by atoms with Crippen molar-refractivity contribution in [3.63, 3.8) is 0 Å². The van der Waals surface area contributed by atoms with Crippen LogP contribution in [-0.4, -0.2) is 9.55 Å². The first-order valence-corrected chi connectivity index (χ1v) is 7.89. The number of nitrogens with one attached hydrogen (secondary N) is 1. The van der Waals surface area contributed by atoms with Crippen LogP contribution in [0.4, 0.5) is 0 Å². The van der Waals surface area contributed by atoms with E-state index in [1.54, 1.807) is 11.3 Å². The van der Waals surface area contributed by atoms with Gasteiger partial charge in [-0.15, -0.1) is 11.3 Å². The van der Waals surface area contributed by atoms with Crippen molar-refractivity contribution in [2.75, 3.05) is 0 Å². The Morgan fingerprint density at radius 1 is 1.56 bits per heavy atom. The predicted octanol–water partition coefficient (Wildman–Crippen LogP) is 3.14. The van der Waals surface area contributed by atoms with Crippen molar-refractivity contribution in [3.8, 4) is 0 Å². The molecule has 1 unspecified atom stereocenters. The molecule has 0 amide bonds. The van der Waals surface area contributed by atoms with Crippen LogP contribution in [0.1, 0.15) is 23.9 Å². The number of aromatic nitrogens is 2. The summed E-state index contributed by atoms with van der Waals surface area (Å²) in [6, 6.07) is 2.22. The van der Waals surface area contributed by atoms with Crippen molar-refractivity contribution in [1.29, 1.82) is 0 Å². The minimum Gasteiger partial charge on any atom is -0.338 e. The highest BCUT2D eigenvalue weighted by atomic mass is 79.9. The van der Waals surface area contributed by atoms with Gasteiger partial charge in [-0.05, 0) is 49.9 Å². The van der Waals surface area contributed by atoms with E-state index < -0.39 is 0 Å². The Bertz CT molecular complexity index is 523. The Labute approximate surface area is 127 Å². The predicted molar refractivity (Wildman–Crippen MR) is 81.3 cm³/mol. The molecule has 2 heterocycles. The van der Waals surface area contributed by atoms with Gasteiger partial charge in [0.1, 0.15) is 5.82 Å². The van der Waals surface area contributed by atoms with E-state index >= 15 is 0 Å². The topological polar surface area (TPSA) is 55.9 Å². The lowest BCUT2D eigenvalue weighted by Gasteiger charge is -2.15. The highest BCUT2D eigenvalue weighted by molar-refractivity contribution is 9.12. The van der Waals surface area contributed by atoms with Gasteiger partial charge >= 0.3 is 0 Å². The zero-order valence-electron chi connectivity index (χ0n) is 9.86. The van der Waals surface area contributed by atoms with Crippen molar-refractivity contribution in [2.24, 2.45) is 12.9 Å². The summed E-state index contributed by atoms with van der Waals surface area (Å²) in [6.07, 6.45) is 5.57. The maximum absolute atomic E-state index is 5.65. The van der Waals surface area contributed by atoms with Gasteiger partial charge < -0.3 is 4.57 Å². The average Bonchev–Trinajstić information content (AvgIpc) is 2.87. The molecule has 2 aromatic rings. The van der Waals surface area contributed by atoms with Gasteiger partial charge in [0.25, 0.3) is 0 Å². The van der Waals surface area contributed by atoms with Crippen LogP contribution in [0.5, 0.6) is 0 Å². The van der Waals surface area contributed by atoms with Gasteiger partial charge in [-0.25, -0.2) is 4.98 Å². The van der Waals surface area contributed by atoms with Crippen LogP contribution in [0.2, 0.25) is 0 Å². The standard InChI is InChI=1S/C11H14Br2N4S/c1-17-5-4-15-10(17)3-2-8(16-14)7-6-9(12)18-11(7)13/h4-6,8,16H,2-3,14H2,1H3. The Morgan fingerprint density at radius 3 is 2.83 bits per heavy atom. The Morgan fingerprint density at radius 2 is 2.33 bits per heavy atom. The molecule has 98 valence electrons. The first-order valence-electron chi connectivity index (χ1n) is 5.49. The number of hydrazine groups is 1. The smallest absolute Gasteiger partial charge is 0.108 e. The van der Waals surface area contributed by atoms with Crippen LogP contribution in [0.25, 0.3) is 0 Å². The second-order valence-electron chi connectivity index (χ2n) is 3.99. The maximum Gasteiger partial charge on any atom is 0.108 e.